The van der Waals surface area contributed by atoms with Crippen LogP contribution >= 0.6 is 7.82 Å². The van der Waals surface area contributed by atoms with E-state index >= 15 is 0 Å². The fraction of sp³-hybridized carbons (Fsp3) is 0.804. The Morgan fingerprint density at radius 1 is 0.426 bits per heavy atom. The molecule has 0 saturated carbocycles. The molecule has 0 aliphatic heterocycles. The number of esters is 3. The Hall–Kier alpha value is -2.56. The van der Waals surface area contributed by atoms with Crippen molar-refractivity contribution in [3.05, 3.63) is 48.6 Å². The van der Waals surface area contributed by atoms with E-state index in [1.165, 1.54) is 89.9 Å². The SMILES string of the molecule is CC/C=C\C/C=C\C/C=C\C/C=C\CCCCCCCCC(=O)OC(COC(=O)CCCCCCCCCCC)COP(=O)(O)OCC(CO)OC(=O)CCCCCCCCCCCCCCC. The first-order chi connectivity index (χ1) is 33.2. The summed E-state index contributed by atoms with van der Waals surface area (Å²) in [5, 5.41) is 9.78. The molecule has 0 heterocycles. The van der Waals surface area contributed by atoms with E-state index in [0.29, 0.717) is 19.3 Å². The van der Waals surface area contributed by atoms with E-state index in [1.807, 2.05) is 0 Å². The first-order valence-corrected chi connectivity index (χ1v) is 29.0. The highest BCUT2D eigenvalue weighted by atomic mass is 31.2. The van der Waals surface area contributed by atoms with Gasteiger partial charge >= 0.3 is 25.7 Å². The standard InChI is InChI=1S/C56H101O11P/c1-4-7-10-13-16-19-21-23-24-25-26-27-28-30-32-35-38-41-44-47-56(60)67-53(49-63-54(58)45-42-39-36-33-18-15-12-9-6-3)51-65-68(61,62)64-50-52(48-57)66-55(59)46-43-40-37-34-31-29-22-20-17-14-11-8-5-2/h7,10,16,19,23-24,26-27,52-53,57H,4-6,8-9,11-15,17-18,20-22,25,28-51H2,1-3H3,(H,61,62)/b10-7-,19-16-,24-23-,27-26-. The molecule has 0 saturated heterocycles. The molecule has 0 rings (SSSR count). The number of carbonyl (C=O) groups is 3. The molecule has 0 aromatic heterocycles. The number of phosphoric acid groups is 1. The second kappa shape index (κ2) is 50.8. The summed E-state index contributed by atoms with van der Waals surface area (Å²) in [6, 6.07) is 0. The highest BCUT2D eigenvalue weighted by molar-refractivity contribution is 7.47. The number of ether oxygens (including phenoxy) is 3. The van der Waals surface area contributed by atoms with Crippen molar-refractivity contribution in [2.24, 2.45) is 0 Å². The van der Waals surface area contributed by atoms with Gasteiger partial charge in [-0.05, 0) is 57.8 Å². The zero-order valence-electron chi connectivity index (χ0n) is 43.6. The van der Waals surface area contributed by atoms with Gasteiger partial charge in [0.2, 0.25) is 0 Å². The van der Waals surface area contributed by atoms with Crippen molar-refractivity contribution < 1.29 is 52.2 Å². The molecule has 68 heavy (non-hydrogen) atoms. The Balaban J connectivity index is 4.67. The van der Waals surface area contributed by atoms with Crippen molar-refractivity contribution in [1.29, 1.82) is 0 Å². The topological polar surface area (TPSA) is 155 Å². The largest absolute Gasteiger partial charge is 0.472 e. The molecule has 11 nitrogen and oxygen atoms in total. The quantitative estimate of drug-likeness (QED) is 0.0197. The number of hydrogen-bond acceptors (Lipinski definition) is 10. The van der Waals surface area contributed by atoms with Crippen molar-refractivity contribution >= 4 is 25.7 Å². The van der Waals surface area contributed by atoms with E-state index in [1.54, 1.807) is 0 Å². The molecular formula is C56H101O11P. The number of hydrogen-bond donors (Lipinski definition) is 2. The van der Waals surface area contributed by atoms with Gasteiger partial charge in [-0.15, -0.1) is 0 Å². The van der Waals surface area contributed by atoms with Crippen LogP contribution in [0.2, 0.25) is 0 Å². The van der Waals surface area contributed by atoms with E-state index in [0.717, 1.165) is 103 Å². The first-order valence-electron chi connectivity index (χ1n) is 27.5. The van der Waals surface area contributed by atoms with Crippen LogP contribution in [0.1, 0.15) is 252 Å². The van der Waals surface area contributed by atoms with Crippen molar-refractivity contribution in [2.75, 3.05) is 26.4 Å². The van der Waals surface area contributed by atoms with Crippen LogP contribution in [-0.2, 0) is 42.2 Å². The summed E-state index contributed by atoms with van der Waals surface area (Å²) in [6.07, 6.45) is 52.2. The van der Waals surface area contributed by atoms with E-state index in [-0.39, 0.29) is 25.9 Å². The van der Waals surface area contributed by atoms with Gasteiger partial charge in [0, 0.05) is 19.3 Å². The zero-order valence-corrected chi connectivity index (χ0v) is 44.5. The number of unbranched alkanes of at least 4 members (excludes halogenated alkanes) is 26. The van der Waals surface area contributed by atoms with Crippen LogP contribution < -0.4 is 0 Å². The van der Waals surface area contributed by atoms with Crippen LogP contribution in [0, 0.1) is 0 Å². The molecule has 12 heteroatoms. The number of aliphatic hydroxyl groups excluding tert-OH is 1. The molecule has 2 N–H and O–H groups in total. The van der Waals surface area contributed by atoms with E-state index in [2.05, 4.69) is 69.4 Å². The lowest BCUT2D eigenvalue weighted by Gasteiger charge is -2.21. The summed E-state index contributed by atoms with van der Waals surface area (Å²) in [5.74, 6) is -1.47. The Morgan fingerprint density at radius 3 is 1.18 bits per heavy atom. The molecule has 0 aromatic carbocycles. The van der Waals surface area contributed by atoms with Crippen LogP contribution in [0.4, 0.5) is 0 Å². The molecule has 0 radical (unpaired) electrons. The number of rotatable bonds is 51. The van der Waals surface area contributed by atoms with Gasteiger partial charge in [-0.2, -0.15) is 0 Å². The highest BCUT2D eigenvalue weighted by Gasteiger charge is 2.28. The average molecular weight is 981 g/mol. The maximum Gasteiger partial charge on any atom is 0.472 e. The Kier molecular flexibility index (Phi) is 48.9. The minimum absolute atomic E-state index is 0.154. The Morgan fingerprint density at radius 2 is 0.765 bits per heavy atom. The lowest BCUT2D eigenvalue weighted by atomic mass is 10.0. The third-order valence-electron chi connectivity index (χ3n) is 11.8. The van der Waals surface area contributed by atoms with Gasteiger partial charge in [-0.1, -0.05) is 223 Å². The summed E-state index contributed by atoms with van der Waals surface area (Å²) in [6.45, 7) is 4.51. The fourth-order valence-corrected chi connectivity index (χ4v) is 8.37. The van der Waals surface area contributed by atoms with Crippen molar-refractivity contribution in [1.82, 2.24) is 0 Å². The molecule has 0 aliphatic rings. The second-order valence-corrected chi connectivity index (χ2v) is 19.8. The van der Waals surface area contributed by atoms with Gasteiger partial charge in [0.1, 0.15) is 12.7 Å². The van der Waals surface area contributed by atoms with Crippen LogP contribution in [-0.4, -0.2) is 66.5 Å². The van der Waals surface area contributed by atoms with Gasteiger partial charge < -0.3 is 24.2 Å². The molecule has 396 valence electrons. The number of aliphatic hydroxyl groups is 1. The van der Waals surface area contributed by atoms with Crippen molar-refractivity contribution in [3.63, 3.8) is 0 Å². The summed E-state index contributed by atoms with van der Waals surface area (Å²) in [5.41, 5.74) is 0. The number of allylic oxidation sites excluding steroid dienone is 8. The van der Waals surface area contributed by atoms with Crippen LogP contribution in [0.25, 0.3) is 0 Å². The van der Waals surface area contributed by atoms with Crippen molar-refractivity contribution in [2.45, 2.75) is 264 Å². The molecule has 0 spiro atoms. The maximum absolute atomic E-state index is 12.9. The summed E-state index contributed by atoms with van der Waals surface area (Å²) in [4.78, 5) is 48.3. The molecule has 0 bridgehead atoms. The smallest absolute Gasteiger partial charge is 0.462 e. The molecule has 0 amide bonds. The second-order valence-electron chi connectivity index (χ2n) is 18.4. The van der Waals surface area contributed by atoms with E-state index in [4.69, 9.17) is 23.3 Å². The van der Waals surface area contributed by atoms with Crippen LogP contribution in [0.3, 0.4) is 0 Å². The molecule has 3 atom stereocenters. The third kappa shape index (κ3) is 48.5. The summed E-state index contributed by atoms with van der Waals surface area (Å²) in [7, 11) is -4.74. The minimum atomic E-state index is -4.74. The fourth-order valence-electron chi connectivity index (χ4n) is 7.58. The minimum Gasteiger partial charge on any atom is -0.462 e. The Labute approximate surface area is 415 Å². The molecule has 3 unspecified atom stereocenters. The summed E-state index contributed by atoms with van der Waals surface area (Å²) < 4.78 is 39.4. The normalized spacial score (nSPS) is 13.8. The van der Waals surface area contributed by atoms with E-state index < -0.39 is 57.8 Å². The van der Waals surface area contributed by atoms with Gasteiger partial charge in [0.05, 0.1) is 19.8 Å². The summed E-state index contributed by atoms with van der Waals surface area (Å²) >= 11 is 0. The Bertz CT molecular complexity index is 1330. The lowest BCUT2D eigenvalue weighted by Crippen LogP contribution is -2.30. The van der Waals surface area contributed by atoms with Crippen LogP contribution in [0.15, 0.2) is 48.6 Å². The van der Waals surface area contributed by atoms with Gasteiger partial charge in [-0.3, -0.25) is 23.4 Å². The predicted molar refractivity (Wildman–Crippen MR) is 279 cm³/mol. The van der Waals surface area contributed by atoms with Gasteiger partial charge in [0.15, 0.2) is 6.10 Å². The predicted octanol–water partition coefficient (Wildman–Crippen LogP) is 15.8. The van der Waals surface area contributed by atoms with Gasteiger partial charge in [-0.25, -0.2) is 4.57 Å². The van der Waals surface area contributed by atoms with Gasteiger partial charge in [0.25, 0.3) is 0 Å². The average Bonchev–Trinajstić information content (AvgIpc) is 3.32. The maximum atomic E-state index is 12.9. The number of carbonyl (C=O) groups excluding carboxylic acids is 3. The highest BCUT2D eigenvalue weighted by Crippen LogP contribution is 2.43. The third-order valence-corrected chi connectivity index (χ3v) is 12.7. The molecule has 0 aliphatic carbocycles. The van der Waals surface area contributed by atoms with Crippen molar-refractivity contribution in [3.8, 4) is 0 Å². The van der Waals surface area contributed by atoms with E-state index in [9.17, 15) is 28.9 Å². The first kappa shape index (κ1) is 65.4. The monoisotopic (exact) mass is 981 g/mol. The zero-order chi connectivity index (χ0) is 49.9. The molecule has 0 fully saturated rings. The molecular weight excluding hydrogens is 880 g/mol. The van der Waals surface area contributed by atoms with Crippen LogP contribution in [0.5, 0.6) is 0 Å². The molecule has 0 aromatic rings. The number of phosphoric ester groups is 1. The lowest BCUT2D eigenvalue weighted by molar-refractivity contribution is -0.161.